The van der Waals surface area contributed by atoms with Gasteiger partial charge in [-0.3, -0.25) is 4.79 Å². The van der Waals surface area contributed by atoms with Gasteiger partial charge in [-0.2, -0.15) is 0 Å². The molecule has 0 spiro atoms. The summed E-state index contributed by atoms with van der Waals surface area (Å²) in [6.45, 7) is 1.41. The van der Waals surface area contributed by atoms with Gasteiger partial charge < -0.3 is 4.74 Å². The molecule has 0 heterocycles. The van der Waals surface area contributed by atoms with Crippen molar-refractivity contribution >= 4 is 5.97 Å². The zero-order valence-corrected chi connectivity index (χ0v) is 4.85. The molecular formula is C5H9O3. The summed E-state index contributed by atoms with van der Waals surface area (Å²) in [5.41, 5.74) is 0. The molecule has 8 heavy (non-hydrogen) atoms. The van der Waals surface area contributed by atoms with E-state index in [9.17, 15) is 9.90 Å². The van der Waals surface area contributed by atoms with E-state index in [0.717, 1.165) is 0 Å². The van der Waals surface area contributed by atoms with Gasteiger partial charge in [-0.1, -0.05) is 0 Å². The Hall–Kier alpha value is -0.570. The fraction of sp³-hybridized carbons (Fsp3) is 0.800. The van der Waals surface area contributed by atoms with Crippen LogP contribution in [-0.4, -0.2) is 19.2 Å². The van der Waals surface area contributed by atoms with E-state index in [4.69, 9.17) is 0 Å². The monoisotopic (exact) mass is 117 g/mol. The van der Waals surface area contributed by atoms with Gasteiger partial charge in [0, 0.05) is 13.3 Å². The Labute approximate surface area is 48.3 Å². The van der Waals surface area contributed by atoms with Crippen molar-refractivity contribution in [3.05, 3.63) is 0 Å². The second-order valence-electron chi connectivity index (χ2n) is 1.40. The second kappa shape index (κ2) is 4.59. The van der Waals surface area contributed by atoms with Gasteiger partial charge in [0.1, 0.15) is 0 Å². The minimum absolute atomic E-state index is 0.173. The third-order valence-corrected chi connectivity index (χ3v) is 0.594. The summed E-state index contributed by atoms with van der Waals surface area (Å²) in [4.78, 5) is 9.99. The molecule has 47 valence electrons. The van der Waals surface area contributed by atoms with Crippen LogP contribution in [0.15, 0.2) is 0 Å². The van der Waals surface area contributed by atoms with Crippen molar-refractivity contribution < 1.29 is 14.6 Å². The highest BCUT2D eigenvalue weighted by Gasteiger charge is 1.89. The van der Waals surface area contributed by atoms with Crippen LogP contribution < -0.4 is 0 Å². The molecule has 3 heteroatoms. The molecule has 0 aromatic rings. The predicted octanol–water partition coefficient (Wildman–Crippen LogP) is 0.370. The van der Waals surface area contributed by atoms with Crippen LogP contribution in [0.5, 0.6) is 0 Å². The molecule has 0 aliphatic rings. The average molecular weight is 117 g/mol. The fourth-order valence-electron chi connectivity index (χ4n) is 0.275. The lowest BCUT2D eigenvalue weighted by molar-refractivity contribution is -0.141. The lowest BCUT2D eigenvalue weighted by Crippen LogP contribution is -2.01. The van der Waals surface area contributed by atoms with Gasteiger partial charge >= 0.3 is 5.97 Å². The van der Waals surface area contributed by atoms with E-state index in [2.05, 4.69) is 4.74 Å². The number of ether oxygens (including phenoxy) is 1. The lowest BCUT2D eigenvalue weighted by Gasteiger charge is -1.95. The van der Waals surface area contributed by atoms with E-state index in [0.29, 0.717) is 6.42 Å². The summed E-state index contributed by atoms with van der Waals surface area (Å²) in [6.07, 6.45) is 0.416. The van der Waals surface area contributed by atoms with Crippen molar-refractivity contribution in [2.45, 2.75) is 13.3 Å². The van der Waals surface area contributed by atoms with Gasteiger partial charge in [-0.15, -0.1) is 0 Å². The van der Waals surface area contributed by atoms with Crippen molar-refractivity contribution in [1.82, 2.24) is 0 Å². The summed E-state index contributed by atoms with van der Waals surface area (Å²) >= 11 is 0. The molecule has 0 saturated carbocycles. The largest absolute Gasteiger partial charge is 0.466 e. The molecule has 0 bridgehead atoms. The van der Waals surface area contributed by atoms with E-state index in [-0.39, 0.29) is 19.2 Å². The first-order valence-corrected chi connectivity index (χ1v) is 2.49. The lowest BCUT2D eigenvalue weighted by atomic mass is 10.5. The second-order valence-corrected chi connectivity index (χ2v) is 1.40. The van der Waals surface area contributed by atoms with Crippen LogP contribution in [-0.2, 0) is 14.6 Å². The van der Waals surface area contributed by atoms with E-state index in [1.165, 1.54) is 6.92 Å². The predicted molar refractivity (Wildman–Crippen MR) is 26.8 cm³/mol. The highest BCUT2D eigenvalue weighted by molar-refractivity contribution is 5.65. The van der Waals surface area contributed by atoms with Gasteiger partial charge in [0.15, 0.2) is 0 Å². The van der Waals surface area contributed by atoms with Crippen LogP contribution in [0, 0.1) is 0 Å². The maximum absolute atomic E-state index is 9.99. The summed E-state index contributed by atoms with van der Waals surface area (Å²) < 4.78 is 4.44. The molecule has 0 unspecified atom stereocenters. The van der Waals surface area contributed by atoms with Crippen molar-refractivity contribution in [3.63, 3.8) is 0 Å². The average Bonchev–Trinajstić information content (AvgIpc) is 1.66. The molecule has 0 rings (SSSR count). The van der Waals surface area contributed by atoms with E-state index in [1.54, 1.807) is 0 Å². The minimum Gasteiger partial charge on any atom is -0.466 e. The van der Waals surface area contributed by atoms with Crippen LogP contribution in [0.4, 0.5) is 0 Å². The minimum atomic E-state index is -0.321. The fourth-order valence-corrected chi connectivity index (χ4v) is 0.275. The Balaban J connectivity index is 2.82. The normalized spacial score (nSPS) is 8.75. The zero-order valence-electron chi connectivity index (χ0n) is 4.85. The maximum Gasteiger partial charge on any atom is 0.302 e. The molecule has 0 saturated heterocycles. The van der Waals surface area contributed by atoms with Crippen LogP contribution >= 0.6 is 0 Å². The van der Waals surface area contributed by atoms with Gasteiger partial charge in [-0.05, 0) is 0 Å². The standard InChI is InChI=1S/C5H9O3/c1-5(7)8-4-2-3-6/h2-4H2,1H3. The van der Waals surface area contributed by atoms with E-state index in [1.807, 2.05) is 0 Å². The molecule has 3 nitrogen and oxygen atoms in total. The van der Waals surface area contributed by atoms with Crippen molar-refractivity contribution in [3.8, 4) is 0 Å². The molecule has 1 radical (unpaired) electrons. The third kappa shape index (κ3) is 5.43. The highest BCUT2D eigenvalue weighted by Crippen LogP contribution is 1.80. The topological polar surface area (TPSA) is 46.2 Å². The number of carbonyl (C=O) groups excluding carboxylic acids is 1. The summed E-state index contributed by atoms with van der Waals surface area (Å²) in [6, 6.07) is 0. The van der Waals surface area contributed by atoms with Gasteiger partial charge in [-0.25, -0.2) is 5.11 Å². The van der Waals surface area contributed by atoms with Crippen LogP contribution in [0.25, 0.3) is 0 Å². The number of hydrogen-bond acceptors (Lipinski definition) is 2. The molecule has 0 aliphatic heterocycles. The first-order chi connectivity index (χ1) is 3.77. The zero-order chi connectivity index (χ0) is 6.41. The quantitative estimate of drug-likeness (QED) is 0.396. The Bertz CT molecular complexity index is 70.1. The van der Waals surface area contributed by atoms with Crippen molar-refractivity contribution in [1.29, 1.82) is 0 Å². The molecule has 0 N–H and O–H groups in total. The molecular weight excluding hydrogens is 108 g/mol. The van der Waals surface area contributed by atoms with Crippen LogP contribution in [0.3, 0.4) is 0 Å². The maximum atomic E-state index is 9.99. The summed E-state index contributed by atoms with van der Waals surface area (Å²) in [5, 5.41) is 9.72. The smallest absolute Gasteiger partial charge is 0.302 e. The summed E-state index contributed by atoms with van der Waals surface area (Å²) in [7, 11) is 0. The van der Waals surface area contributed by atoms with Crippen LogP contribution in [0.1, 0.15) is 13.3 Å². The first-order valence-electron chi connectivity index (χ1n) is 2.49. The van der Waals surface area contributed by atoms with Gasteiger partial charge in [0.2, 0.25) is 0 Å². The Morgan fingerprint density at radius 3 is 2.62 bits per heavy atom. The Morgan fingerprint density at radius 1 is 1.62 bits per heavy atom. The molecule has 0 amide bonds. The third-order valence-electron chi connectivity index (χ3n) is 0.594. The Kier molecular flexibility index (Phi) is 4.26. The van der Waals surface area contributed by atoms with E-state index >= 15 is 0 Å². The first kappa shape index (κ1) is 7.43. The van der Waals surface area contributed by atoms with Crippen LogP contribution in [0.2, 0.25) is 0 Å². The number of carbonyl (C=O) groups is 1. The van der Waals surface area contributed by atoms with E-state index < -0.39 is 0 Å². The van der Waals surface area contributed by atoms with Gasteiger partial charge in [0.05, 0.1) is 13.2 Å². The number of esters is 1. The van der Waals surface area contributed by atoms with Crippen molar-refractivity contribution in [2.75, 3.05) is 13.2 Å². The number of hydrogen-bond donors (Lipinski definition) is 0. The molecule has 0 aromatic heterocycles. The molecule has 0 aromatic carbocycles. The highest BCUT2D eigenvalue weighted by atomic mass is 16.5. The molecule has 0 aliphatic carbocycles. The Morgan fingerprint density at radius 2 is 2.25 bits per heavy atom. The molecule has 0 atom stereocenters. The van der Waals surface area contributed by atoms with Gasteiger partial charge in [0.25, 0.3) is 0 Å². The molecule has 0 fully saturated rings. The summed E-state index contributed by atoms with van der Waals surface area (Å²) in [5.74, 6) is -0.321. The van der Waals surface area contributed by atoms with Crippen molar-refractivity contribution in [2.24, 2.45) is 0 Å². The number of rotatable bonds is 3. The SMILES string of the molecule is CC(=O)OCCC[O].